The van der Waals surface area contributed by atoms with Crippen molar-refractivity contribution in [3.8, 4) is 0 Å². The average Bonchev–Trinajstić information content (AvgIpc) is 2.72. The van der Waals surface area contributed by atoms with E-state index in [-0.39, 0.29) is 5.91 Å². The second-order valence-electron chi connectivity index (χ2n) is 7.50. The van der Waals surface area contributed by atoms with Crippen molar-refractivity contribution in [3.63, 3.8) is 0 Å². The summed E-state index contributed by atoms with van der Waals surface area (Å²) in [6.45, 7) is 0.686. The fraction of sp³-hybridized carbons (Fsp3) is 0.208. The van der Waals surface area contributed by atoms with Gasteiger partial charge < -0.3 is 5.32 Å². The molecule has 3 aliphatic rings. The molecule has 1 atom stereocenters. The molecule has 0 saturated carbocycles. The SMILES string of the molecule is O=C(NCC1CC2c3ccccc3C1c1ccccc12)c1ccc(Cl)cc1. The van der Waals surface area contributed by atoms with E-state index >= 15 is 0 Å². The van der Waals surface area contributed by atoms with E-state index in [0.29, 0.717) is 34.9 Å². The van der Waals surface area contributed by atoms with E-state index in [0.717, 1.165) is 6.42 Å². The van der Waals surface area contributed by atoms with Crippen LogP contribution in [0.4, 0.5) is 0 Å². The van der Waals surface area contributed by atoms with E-state index in [1.54, 1.807) is 24.3 Å². The molecular formula is C24H20ClNO. The minimum Gasteiger partial charge on any atom is -0.352 e. The third kappa shape index (κ3) is 2.76. The van der Waals surface area contributed by atoms with E-state index in [9.17, 15) is 4.79 Å². The maximum absolute atomic E-state index is 12.5. The number of amides is 1. The third-order valence-corrected chi connectivity index (χ3v) is 6.31. The molecule has 3 aliphatic carbocycles. The normalized spacial score (nSPS) is 22.0. The van der Waals surface area contributed by atoms with Crippen molar-refractivity contribution >= 4 is 17.5 Å². The molecule has 0 fully saturated rings. The smallest absolute Gasteiger partial charge is 0.251 e. The predicted molar refractivity (Wildman–Crippen MR) is 108 cm³/mol. The highest BCUT2D eigenvalue weighted by molar-refractivity contribution is 6.30. The highest BCUT2D eigenvalue weighted by Gasteiger charge is 2.42. The van der Waals surface area contributed by atoms with Crippen LogP contribution in [-0.2, 0) is 0 Å². The van der Waals surface area contributed by atoms with E-state index in [1.165, 1.54) is 22.3 Å². The number of benzene rings is 3. The van der Waals surface area contributed by atoms with Crippen molar-refractivity contribution < 1.29 is 4.79 Å². The first-order valence-electron chi connectivity index (χ1n) is 9.44. The predicted octanol–water partition coefficient (Wildman–Crippen LogP) is 5.37. The van der Waals surface area contributed by atoms with Gasteiger partial charge in [0, 0.05) is 29.0 Å². The zero-order valence-corrected chi connectivity index (χ0v) is 15.6. The number of rotatable bonds is 3. The Morgan fingerprint density at radius 3 is 2.00 bits per heavy atom. The number of fused-ring (bicyclic) bond motifs is 1. The molecule has 3 heteroatoms. The lowest BCUT2D eigenvalue weighted by Crippen LogP contribution is -2.39. The number of nitrogens with one attached hydrogen (secondary N) is 1. The van der Waals surface area contributed by atoms with E-state index in [2.05, 4.69) is 53.8 Å². The van der Waals surface area contributed by atoms with Crippen LogP contribution in [0, 0.1) is 5.92 Å². The minimum atomic E-state index is -0.0327. The summed E-state index contributed by atoms with van der Waals surface area (Å²) in [5.41, 5.74) is 6.43. The maximum atomic E-state index is 12.5. The van der Waals surface area contributed by atoms with Crippen LogP contribution in [0.2, 0.25) is 5.02 Å². The molecule has 134 valence electrons. The Morgan fingerprint density at radius 2 is 1.41 bits per heavy atom. The third-order valence-electron chi connectivity index (χ3n) is 6.05. The number of carbonyl (C=O) groups is 1. The van der Waals surface area contributed by atoms with Crippen molar-refractivity contribution in [2.45, 2.75) is 18.3 Å². The van der Waals surface area contributed by atoms with Crippen LogP contribution in [0.15, 0.2) is 72.8 Å². The van der Waals surface area contributed by atoms with Gasteiger partial charge in [0.2, 0.25) is 0 Å². The lowest BCUT2D eigenvalue weighted by molar-refractivity contribution is 0.0943. The van der Waals surface area contributed by atoms with E-state index in [4.69, 9.17) is 11.6 Å². The summed E-state index contributed by atoms with van der Waals surface area (Å²) in [6, 6.07) is 24.7. The van der Waals surface area contributed by atoms with Gasteiger partial charge in [-0.2, -0.15) is 0 Å². The van der Waals surface area contributed by atoms with Crippen LogP contribution in [-0.4, -0.2) is 12.5 Å². The van der Waals surface area contributed by atoms with Crippen LogP contribution in [0.1, 0.15) is 50.9 Å². The van der Waals surface area contributed by atoms with Crippen molar-refractivity contribution in [2.24, 2.45) is 5.92 Å². The Kier molecular flexibility index (Phi) is 4.02. The number of halogens is 1. The van der Waals surface area contributed by atoms with Crippen LogP contribution in [0.3, 0.4) is 0 Å². The Labute approximate surface area is 164 Å². The molecule has 1 amide bonds. The van der Waals surface area contributed by atoms with Gasteiger partial charge in [-0.3, -0.25) is 4.79 Å². The second kappa shape index (κ2) is 6.54. The summed E-state index contributed by atoms with van der Waals surface area (Å²) in [6.07, 6.45) is 1.08. The Morgan fingerprint density at radius 1 is 0.852 bits per heavy atom. The van der Waals surface area contributed by atoms with Gasteiger partial charge >= 0.3 is 0 Å². The molecule has 27 heavy (non-hydrogen) atoms. The number of carbonyl (C=O) groups excluding carboxylic acids is 1. The first-order chi connectivity index (χ1) is 13.2. The lowest BCUT2D eigenvalue weighted by atomic mass is 9.59. The summed E-state index contributed by atoms with van der Waals surface area (Å²) >= 11 is 5.92. The Hall–Kier alpha value is -2.58. The molecule has 0 spiro atoms. The van der Waals surface area contributed by atoms with Gasteiger partial charge in [-0.15, -0.1) is 0 Å². The van der Waals surface area contributed by atoms with Crippen molar-refractivity contribution in [3.05, 3.63) is 106 Å². The Bertz CT molecular complexity index is 963. The fourth-order valence-corrected chi connectivity index (χ4v) is 5.01. The zero-order valence-electron chi connectivity index (χ0n) is 14.9. The molecule has 0 radical (unpaired) electrons. The molecule has 1 unspecified atom stereocenters. The first-order valence-corrected chi connectivity index (χ1v) is 9.81. The van der Waals surface area contributed by atoms with Crippen LogP contribution in [0.5, 0.6) is 0 Å². The van der Waals surface area contributed by atoms with Gasteiger partial charge in [0.25, 0.3) is 5.91 Å². The lowest BCUT2D eigenvalue weighted by Gasteiger charge is -2.45. The average molecular weight is 374 g/mol. The van der Waals surface area contributed by atoms with Gasteiger partial charge in [0.05, 0.1) is 0 Å². The fourth-order valence-electron chi connectivity index (χ4n) is 4.89. The second-order valence-corrected chi connectivity index (χ2v) is 7.94. The molecule has 0 heterocycles. The van der Waals surface area contributed by atoms with Gasteiger partial charge in [-0.1, -0.05) is 60.1 Å². The summed E-state index contributed by atoms with van der Waals surface area (Å²) in [7, 11) is 0. The number of hydrogen-bond acceptors (Lipinski definition) is 1. The molecule has 0 saturated heterocycles. The molecule has 1 N–H and O–H groups in total. The van der Waals surface area contributed by atoms with Crippen LogP contribution in [0.25, 0.3) is 0 Å². The highest BCUT2D eigenvalue weighted by atomic mass is 35.5. The largest absolute Gasteiger partial charge is 0.352 e. The molecule has 3 aromatic carbocycles. The minimum absolute atomic E-state index is 0.0327. The molecular weight excluding hydrogens is 354 g/mol. The van der Waals surface area contributed by atoms with Gasteiger partial charge in [-0.05, 0) is 58.9 Å². The van der Waals surface area contributed by atoms with Crippen LogP contribution >= 0.6 is 11.6 Å². The molecule has 2 nitrogen and oxygen atoms in total. The topological polar surface area (TPSA) is 29.1 Å². The molecule has 6 rings (SSSR count). The van der Waals surface area contributed by atoms with Crippen molar-refractivity contribution in [1.29, 1.82) is 0 Å². The van der Waals surface area contributed by atoms with Gasteiger partial charge in [-0.25, -0.2) is 0 Å². The van der Waals surface area contributed by atoms with E-state index < -0.39 is 0 Å². The standard InChI is InChI=1S/C24H20ClNO/c25-17-11-9-15(10-12-17)24(27)26-14-16-13-22-18-5-1-3-7-20(18)23(16)21-8-4-2-6-19(21)22/h1-12,16,22-23H,13-14H2,(H,26,27). The summed E-state index contributed by atoms with van der Waals surface area (Å²) in [4.78, 5) is 12.5. The Balaban J connectivity index is 1.42. The van der Waals surface area contributed by atoms with Gasteiger partial charge in [0.1, 0.15) is 0 Å². The zero-order chi connectivity index (χ0) is 18.4. The number of hydrogen-bond donors (Lipinski definition) is 1. The summed E-state index contributed by atoms with van der Waals surface area (Å²) in [5, 5.41) is 3.80. The van der Waals surface area contributed by atoms with Crippen molar-refractivity contribution in [1.82, 2.24) is 5.32 Å². The molecule has 3 aromatic rings. The van der Waals surface area contributed by atoms with Gasteiger partial charge in [0.15, 0.2) is 0 Å². The van der Waals surface area contributed by atoms with Crippen molar-refractivity contribution in [2.75, 3.05) is 6.54 Å². The molecule has 0 aliphatic heterocycles. The first kappa shape index (κ1) is 16.6. The van der Waals surface area contributed by atoms with Crippen LogP contribution < -0.4 is 5.32 Å². The summed E-state index contributed by atoms with van der Waals surface area (Å²) in [5.74, 6) is 1.17. The molecule has 0 aromatic heterocycles. The molecule has 2 bridgehead atoms. The maximum Gasteiger partial charge on any atom is 0.251 e. The van der Waals surface area contributed by atoms with E-state index in [1.807, 2.05) is 0 Å². The highest BCUT2D eigenvalue weighted by Crippen LogP contribution is 2.55. The summed E-state index contributed by atoms with van der Waals surface area (Å²) < 4.78 is 0. The monoisotopic (exact) mass is 373 g/mol. The quantitative estimate of drug-likeness (QED) is 0.657.